The summed E-state index contributed by atoms with van der Waals surface area (Å²) in [5, 5.41) is 2.97. The fourth-order valence-corrected chi connectivity index (χ4v) is 2.02. The summed E-state index contributed by atoms with van der Waals surface area (Å²) in [5.74, 6) is 0.263. The highest BCUT2D eigenvalue weighted by Crippen LogP contribution is 2.33. The van der Waals surface area contributed by atoms with Crippen LogP contribution in [0.5, 0.6) is 5.75 Å². The summed E-state index contributed by atoms with van der Waals surface area (Å²) < 4.78 is 41.6. The molecular weight excluding hydrogens is 337 g/mol. The van der Waals surface area contributed by atoms with Crippen molar-refractivity contribution >= 4 is 21.6 Å². The molecule has 1 aromatic rings. The van der Waals surface area contributed by atoms with Gasteiger partial charge in [-0.3, -0.25) is 0 Å². The molecule has 0 aromatic heterocycles. The van der Waals surface area contributed by atoms with Crippen molar-refractivity contribution in [1.82, 2.24) is 0 Å². The summed E-state index contributed by atoms with van der Waals surface area (Å²) in [6, 6.07) is 4.47. The number of ether oxygens (including phenoxy) is 1. The molecule has 0 bridgehead atoms. The van der Waals surface area contributed by atoms with E-state index in [-0.39, 0.29) is 11.7 Å². The van der Waals surface area contributed by atoms with Crippen LogP contribution in [0.4, 0.5) is 18.9 Å². The molecule has 1 rings (SSSR count). The Balaban J connectivity index is 2.83. The van der Waals surface area contributed by atoms with Crippen LogP contribution in [0.15, 0.2) is 22.7 Å². The standard InChI is InChI=1S/C13H18BrF3N2O/c1-8(2)9(6-18)7-19-11-4-3-10(14)5-12(11)20-13(15,16)17/h3-5,8-9,19H,6-7,18H2,1-2H3. The van der Waals surface area contributed by atoms with Crippen molar-refractivity contribution < 1.29 is 17.9 Å². The van der Waals surface area contributed by atoms with Crippen LogP contribution in [0.25, 0.3) is 0 Å². The third-order valence-electron chi connectivity index (χ3n) is 2.97. The van der Waals surface area contributed by atoms with Gasteiger partial charge in [-0.25, -0.2) is 0 Å². The number of nitrogens with two attached hydrogens (primary N) is 1. The van der Waals surface area contributed by atoms with Crippen LogP contribution in [0.1, 0.15) is 13.8 Å². The Hall–Kier alpha value is -0.950. The Bertz CT molecular complexity index is 438. The van der Waals surface area contributed by atoms with Crippen LogP contribution >= 0.6 is 15.9 Å². The summed E-state index contributed by atoms with van der Waals surface area (Å²) >= 11 is 3.13. The quantitative estimate of drug-likeness (QED) is 0.811. The van der Waals surface area contributed by atoms with Crippen LogP contribution in [0, 0.1) is 11.8 Å². The summed E-state index contributed by atoms with van der Waals surface area (Å²) in [5.41, 5.74) is 5.94. The third-order valence-corrected chi connectivity index (χ3v) is 3.46. The number of hydrogen-bond donors (Lipinski definition) is 2. The first-order chi connectivity index (χ1) is 9.23. The third kappa shape index (κ3) is 5.58. The highest BCUT2D eigenvalue weighted by Gasteiger charge is 2.32. The van der Waals surface area contributed by atoms with E-state index in [2.05, 4.69) is 26.0 Å². The number of rotatable bonds is 6. The first kappa shape index (κ1) is 17.1. The number of anilines is 1. The zero-order chi connectivity index (χ0) is 15.3. The molecule has 3 N–H and O–H groups in total. The van der Waals surface area contributed by atoms with Crippen molar-refractivity contribution in [3.8, 4) is 5.75 Å². The molecule has 0 aliphatic rings. The second kappa shape index (κ2) is 7.17. The van der Waals surface area contributed by atoms with Gasteiger partial charge in [-0.2, -0.15) is 0 Å². The first-order valence-electron chi connectivity index (χ1n) is 6.22. The largest absolute Gasteiger partial charge is 0.573 e. The monoisotopic (exact) mass is 354 g/mol. The molecule has 0 aliphatic carbocycles. The first-order valence-corrected chi connectivity index (χ1v) is 7.01. The van der Waals surface area contributed by atoms with Crippen molar-refractivity contribution in [2.75, 3.05) is 18.4 Å². The van der Waals surface area contributed by atoms with Crippen molar-refractivity contribution in [3.63, 3.8) is 0 Å². The number of benzene rings is 1. The van der Waals surface area contributed by atoms with E-state index < -0.39 is 6.36 Å². The summed E-state index contributed by atoms with van der Waals surface area (Å²) in [4.78, 5) is 0. The number of hydrogen-bond acceptors (Lipinski definition) is 3. The molecule has 0 saturated carbocycles. The fraction of sp³-hybridized carbons (Fsp3) is 0.538. The maximum Gasteiger partial charge on any atom is 0.573 e. The highest BCUT2D eigenvalue weighted by molar-refractivity contribution is 9.10. The molecule has 20 heavy (non-hydrogen) atoms. The van der Waals surface area contributed by atoms with E-state index >= 15 is 0 Å². The zero-order valence-corrected chi connectivity index (χ0v) is 12.9. The van der Waals surface area contributed by atoms with Gasteiger partial charge in [0.05, 0.1) is 5.69 Å². The molecule has 0 heterocycles. The van der Waals surface area contributed by atoms with Gasteiger partial charge in [0.2, 0.25) is 0 Å². The molecule has 0 saturated heterocycles. The second-order valence-corrected chi connectivity index (χ2v) is 5.72. The fourth-order valence-electron chi connectivity index (χ4n) is 1.68. The van der Waals surface area contributed by atoms with Crippen LogP contribution in [-0.2, 0) is 0 Å². The van der Waals surface area contributed by atoms with Gasteiger partial charge < -0.3 is 15.8 Å². The van der Waals surface area contributed by atoms with Gasteiger partial charge in [-0.1, -0.05) is 29.8 Å². The van der Waals surface area contributed by atoms with E-state index in [1.54, 1.807) is 12.1 Å². The summed E-state index contributed by atoms with van der Waals surface area (Å²) in [7, 11) is 0. The number of nitrogens with one attached hydrogen (secondary N) is 1. The zero-order valence-electron chi connectivity index (χ0n) is 11.3. The second-order valence-electron chi connectivity index (χ2n) is 4.81. The van der Waals surface area contributed by atoms with Crippen LogP contribution in [0.3, 0.4) is 0 Å². The average molecular weight is 355 g/mol. The van der Waals surface area contributed by atoms with Crippen molar-refractivity contribution in [2.24, 2.45) is 17.6 Å². The van der Waals surface area contributed by atoms with Gasteiger partial charge in [0.15, 0.2) is 5.75 Å². The van der Waals surface area contributed by atoms with Crippen LogP contribution in [-0.4, -0.2) is 19.5 Å². The lowest BCUT2D eigenvalue weighted by Gasteiger charge is -2.21. The Labute approximate surface area is 124 Å². The predicted octanol–water partition coefficient (Wildman–Crippen LogP) is 3.99. The van der Waals surface area contributed by atoms with Gasteiger partial charge in [0, 0.05) is 11.0 Å². The Morgan fingerprint density at radius 1 is 1.35 bits per heavy atom. The van der Waals surface area contributed by atoms with Gasteiger partial charge in [-0.15, -0.1) is 13.2 Å². The maximum atomic E-state index is 12.4. The molecule has 0 aliphatic heterocycles. The number of halogens is 4. The van der Waals surface area contributed by atoms with E-state index in [0.717, 1.165) is 0 Å². The van der Waals surface area contributed by atoms with E-state index in [4.69, 9.17) is 5.73 Å². The molecule has 7 heteroatoms. The molecule has 0 spiro atoms. The molecule has 114 valence electrons. The normalized spacial score (nSPS) is 13.4. The molecule has 1 atom stereocenters. The molecule has 1 unspecified atom stereocenters. The Morgan fingerprint density at radius 3 is 2.50 bits per heavy atom. The van der Waals surface area contributed by atoms with E-state index in [0.29, 0.717) is 29.2 Å². The van der Waals surface area contributed by atoms with Gasteiger partial charge in [0.1, 0.15) is 0 Å². The Morgan fingerprint density at radius 2 is 2.00 bits per heavy atom. The maximum absolute atomic E-state index is 12.4. The Kier molecular flexibility index (Phi) is 6.13. The topological polar surface area (TPSA) is 47.3 Å². The molecule has 0 radical (unpaired) electrons. The lowest BCUT2D eigenvalue weighted by molar-refractivity contribution is -0.274. The van der Waals surface area contributed by atoms with E-state index in [1.165, 1.54) is 6.07 Å². The van der Waals surface area contributed by atoms with Gasteiger partial charge >= 0.3 is 6.36 Å². The van der Waals surface area contributed by atoms with Crippen molar-refractivity contribution in [2.45, 2.75) is 20.2 Å². The van der Waals surface area contributed by atoms with Crippen molar-refractivity contribution in [3.05, 3.63) is 22.7 Å². The van der Waals surface area contributed by atoms with Gasteiger partial charge in [0.25, 0.3) is 0 Å². The smallest absolute Gasteiger partial charge is 0.404 e. The average Bonchev–Trinajstić information content (AvgIpc) is 2.29. The van der Waals surface area contributed by atoms with Gasteiger partial charge in [-0.05, 0) is 36.6 Å². The minimum atomic E-state index is -4.72. The van der Waals surface area contributed by atoms with Crippen molar-refractivity contribution in [1.29, 1.82) is 0 Å². The van der Waals surface area contributed by atoms with Crippen LogP contribution in [0.2, 0.25) is 0 Å². The molecule has 3 nitrogen and oxygen atoms in total. The summed E-state index contributed by atoms with van der Waals surface area (Å²) in [6.07, 6.45) is -4.72. The highest BCUT2D eigenvalue weighted by atomic mass is 79.9. The number of alkyl halides is 3. The molecule has 0 fully saturated rings. The minimum absolute atomic E-state index is 0.178. The van der Waals surface area contributed by atoms with Crippen LogP contribution < -0.4 is 15.8 Å². The lowest BCUT2D eigenvalue weighted by Crippen LogP contribution is -2.27. The molecular formula is C13H18BrF3N2O. The summed E-state index contributed by atoms with van der Waals surface area (Å²) in [6.45, 7) is 5.00. The molecule has 1 aromatic carbocycles. The van der Waals surface area contributed by atoms with E-state index in [9.17, 15) is 13.2 Å². The minimum Gasteiger partial charge on any atom is -0.404 e. The SMILES string of the molecule is CC(C)C(CN)CNc1ccc(Br)cc1OC(F)(F)F. The lowest BCUT2D eigenvalue weighted by atomic mass is 9.96. The predicted molar refractivity (Wildman–Crippen MR) is 76.7 cm³/mol. The molecule has 0 amide bonds. The van der Waals surface area contributed by atoms with E-state index in [1.807, 2.05) is 13.8 Å².